The maximum atomic E-state index is 10.4. The Morgan fingerprint density at radius 1 is 1.79 bits per heavy atom. The molecule has 1 aliphatic rings. The molecule has 2 heterocycles. The fraction of sp³-hybridized carbons (Fsp3) is 0.571. The summed E-state index contributed by atoms with van der Waals surface area (Å²) in [6, 6.07) is 0.348. The lowest BCUT2D eigenvalue weighted by molar-refractivity contribution is -0.380. The summed E-state index contributed by atoms with van der Waals surface area (Å²) >= 11 is 1.08. The van der Waals surface area contributed by atoms with Crippen LogP contribution >= 0.6 is 11.3 Å². The topological polar surface area (TPSA) is 80.1 Å². The van der Waals surface area contributed by atoms with Gasteiger partial charge in [-0.2, -0.15) is 0 Å². The van der Waals surface area contributed by atoms with E-state index in [1.807, 2.05) is 0 Å². The third-order valence-corrected chi connectivity index (χ3v) is 2.94. The number of anilines is 1. The molecule has 0 saturated carbocycles. The lowest BCUT2D eigenvalue weighted by Gasteiger charge is -2.07. The van der Waals surface area contributed by atoms with Crippen LogP contribution in [0.3, 0.4) is 0 Å². The molecule has 2 rings (SSSR count). The maximum Gasteiger partial charge on any atom is 0.345 e. The SMILES string of the molecule is O=[N+]([O-])c1cnc(NC2CCNC2)s1. The van der Waals surface area contributed by atoms with Gasteiger partial charge in [0.1, 0.15) is 6.20 Å². The standard InChI is InChI=1S/C7H10N4O2S/c12-11(13)6-4-9-7(14-6)10-5-1-2-8-3-5/h4-5,8H,1-3H2,(H,9,10). The van der Waals surface area contributed by atoms with Crippen molar-refractivity contribution in [1.82, 2.24) is 10.3 Å². The molecule has 2 N–H and O–H groups in total. The molecular formula is C7H10N4O2S. The molecule has 1 aromatic heterocycles. The van der Waals surface area contributed by atoms with Crippen molar-refractivity contribution in [2.24, 2.45) is 0 Å². The van der Waals surface area contributed by atoms with Gasteiger partial charge in [-0.1, -0.05) is 0 Å². The van der Waals surface area contributed by atoms with E-state index in [2.05, 4.69) is 15.6 Å². The Balaban J connectivity index is 1.98. The number of thiazole rings is 1. The van der Waals surface area contributed by atoms with Crippen LogP contribution in [0.2, 0.25) is 0 Å². The molecule has 0 amide bonds. The largest absolute Gasteiger partial charge is 0.357 e. The summed E-state index contributed by atoms with van der Waals surface area (Å²) in [6.07, 6.45) is 2.32. The number of aromatic nitrogens is 1. The van der Waals surface area contributed by atoms with Crippen molar-refractivity contribution < 1.29 is 4.92 Å². The van der Waals surface area contributed by atoms with Gasteiger partial charge < -0.3 is 10.6 Å². The highest BCUT2D eigenvalue weighted by Crippen LogP contribution is 2.25. The summed E-state index contributed by atoms with van der Waals surface area (Å²) in [5, 5.41) is 17.5. The van der Waals surface area contributed by atoms with E-state index in [4.69, 9.17) is 0 Å². The number of hydrogen-bond acceptors (Lipinski definition) is 6. The van der Waals surface area contributed by atoms with Gasteiger partial charge in [0.05, 0.1) is 4.92 Å². The maximum absolute atomic E-state index is 10.4. The predicted octanol–water partition coefficient (Wildman–Crippen LogP) is 0.825. The molecule has 1 atom stereocenters. The van der Waals surface area contributed by atoms with Crippen LogP contribution in [0.5, 0.6) is 0 Å². The van der Waals surface area contributed by atoms with Crippen LogP contribution < -0.4 is 10.6 Å². The van der Waals surface area contributed by atoms with Crippen LogP contribution in [0.4, 0.5) is 10.1 Å². The fourth-order valence-corrected chi connectivity index (χ4v) is 2.08. The second-order valence-electron chi connectivity index (χ2n) is 3.09. The smallest absolute Gasteiger partial charge is 0.345 e. The summed E-state index contributed by atoms with van der Waals surface area (Å²) in [5.74, 6) is 0. The van der Waals surface area contributed by atoms with Crippen LogP contribution in [0, 0.1) is 10.1 Å². The summed E-state index contributed by atoms with van der Waals surface area (Å²) in [4.78, 5) is 13.9. The van der Waals surface area contributed by atoms with Crippen LogP contribution in [0.15, 0.2) is 6.20 Å². The van der Waals surface area contributed by atoms with Gasteiger partial charge >= 0.3 is 5.00 Å². The summed E-state index contributed by atoms with van der Waals surface area (Å²) in [5.41, 5.74) is 0. The first kappa shape index (κ1) is 9.35. The number of rotatable bonds is 3. The summed E-state index contributed by atoms with van der Waals surface area (Å²) < 4.78 is 0. The van der Waals surface area contributed by atoms with Crippen LogP contribution in [0.1, 0.15) is 6.42 Å². The Kier molecular flexibility index (Phi) is 2.60. The van der Waals surface area contributed by atoms with Crippen LogP contribution in [-0.2, 0) is 0 Å². The highest BCUT2D eigenvalue weighted by atomic mass is 32.1. The summed E-state index contributed by atoms with van der Waals surface area (Å²) in [6.45, 7) is 1.89. The molecule has 1 unspecified atom stereocenters. The zero-order valence-electron chi connectivity index (χ0n) is 7.40. The normalized spacial score (nSPS) is 21.0. The Hall–Kier alpha value is -1.21. The zero-order valence-corrected chi connectivity index (χ0v) is 8.21. The van der Waals surface area contributed by atoms with Gasteiger partial charge in [-0.25, -0.2) is 4.98 Å². The lowest BCUT2D eigenvalue weighted by atomic mass is 10.3. The van der Waals surface area contributed by atoms with E-state index in [-0.39, 0.29) is 5.00 Å². The lowest BCUT2D eigenvalue weighted by Crippen LogP contribution is -2.21. The average Bonchev–Trinajstić information content (AvgIpc) is 2.75. The second kappa shape index (κ2) is 3.89. The van der Waals surface area contributed by atoms with E-state index in [1.165, 1.54) is 6.20 Å². The molecular weight excluding hydrogens is 204 g/mol. The van der Waals surface area contributed by atoms with Crippen molar-refractivity contribution in [2.75, 3.05) is 18.4 Å². The molecule has 0 spiro atoms. The molecule has 7 heteroatoms. The minimum atomic E-state index is -0.421. The van der Waals surface area contributed by atoms with Crippen molar-refractivity contribution in [1.29, 1.82) is 0 Å². The minimum absolute atomic E-state index is 0.0819. The van der Waals surface area contributed by atoms with E-state index in [1.54, 1.807) is 0 Å². The van der Waals surface area contributed by atoms with Crippen LogP contribution in [0.25, 0.3) is 0 Å². The molecule has 1 aliphatic heterocycles. The molecule has 14 heavy (non-hydrogen) atoms. The fourth-order valence-electron chi connectivity index (χ4n) is 1.37. The number of nitrogens with zero attached hydrogens (tertiary/aromatic N) is 2. The van der Waals surface area contributed by atoms with Gasteiger partial charge in [0.25, 0.3) is 0 Å². The van der Waals surface area contributed by atoms with Crippen LogP contribution in [-0.4, -0.2) is 29.0 Å². The van der Waals surface area contributed by atoms with Crippen molar-refractivity contribution in [3.63, 3.8) is 0 Å². The summed E-state index contributed by atoms with van der Waals surface area (Å²) in [7, 11) is 0. The monoisotopic (exact) mass is 214 g/mol. The Morgan fingerprint density at radius 3 is 3.21 bits per heavy atom. The molecule has 1 fully saturated rings. The van der Waals surface area contributed by atoms with E-state index in [0.717, 1.165) is 30.8 Å². The molecule has 1 saturated heterocycles. The van der Waals surface area contributed by atoms with Gasteiger partial charge in [0.2, 0.25) is 0 Å². The number of nitrogens with one attached hydrogen (secondary N) is 2. The Morgan fingerprint density at radius 2 is 2.64 bits per heavy atom. The van der Waals surface area contributed by atoms with E-state index in [9.17, 15) is 10.1 Å². The van der Waals surface area contributed by atoms with Crippen molar-refractivity contribution in [2.45, 2.75) is 12.5 Å². The average molecular weight is 214 g/mol. The van der Waals surface area contributed by atoms with Crippen molar-refractivity contribution >= 4 is 21.5 Å². The first-order valence-electron chi connectivity index (χ1n) is 4.33. The Bertz CT molecular complexity index is 334. The minimum Gasteiger partial charge on any atom is -0.357 e. The molecule has 76 valence electrons. The van der Waals surface area contributed by atoms with E-state index < -0.39 is 4.92 Å². The van der Waals surface area contributed by atoms with Crippen molar-refractivity contribution in [3.05, 3.63) is 16.3 Å². The predicted molar refractivity (Wildman–Crippen MR) is 53.7 cm³/mol. The van der Waals surface area contributed by atoms with Gasteiger partial charge in [-0.05, 0) is 24.3 Å². The Labute approximate surface area is 84.5 Å². The van der Waals surface area contributed by atoms with E-state index in [0.29, 0.717) is 11.2 Å². The van der Waals surface area contributed by atoms with Gasteiger partial charge in [0.15, 0.2) is 5.13 Å². The molecule has 0 aromatic carbocycles. The first-order chi connectivity index (χ1) is 6.75. The molecule has 1 aromatic rings. The highest BCUT2D eigenvalue weighted by molar-refractivity contribution is 7.18. The quantitative estimate of drug-likeness (QED) is 0.575. The number of nitro groups is 1. The van der Waals surface area contributed by atoms with Gasteiger partial charge in [-0.15, -0.1) is 0 Å². The molecule has 6 nitrogen and oxygen atoms in total. The molecule has 0 bridgehead atoms. The van der Waals surface area contributed by atoms with Crippen molar-refractivity contribution in [3.8, 4) is 0 Å². The molecule has 0 aliphatic carbocycles. The van der Waals surface area contributed by atoms with E-state index >= 15 is 0 Å². The highest BCUT2D eigenvalue weighted by Gasteiger charge is 2.17. The number of hydrogen-bond donors (Lipinski definition) is 2. The second-order valence-corrected chi connectivity index (χ2v) is 4.10. The zero-order chi connectivity index (χ0) is 9.97. The van der Waals surface area contributed by atoms with Gasteiger partial charge in [-0.3, -0.25) is 10.1 Å². The first-order valence-corrected chi connectivity index (χ1v) is 5.15. The third-order valence-electron chi connectivity index (χ3n) is 2.06. The third kappa shape index (κ3) is 1.99. The van der Waals surface area contributed by atoms with Gasteiger partial charge in [0, 0.05) is 12.6 Å². The molecule has 0 radical (unpaired) electrons.